The van der Waals surface area contributed by atoms with Gasteiger partial charge in [0.1, 0.15) is 6.29 Å². The number of rotatable bonds is 7. The average Bonchev–Trinajstić information content (AvgIpc) is 2.40. The molecule has 0 bridgehead atoms. The lowest BCUT2D eigenvalue weighted by Crippen LogP contribution is -2.45. The van der Waals surface area contributed by atoms with Gasteiger partial charge in [0.05, 0.1) is 13.2 Å². The van der Waals surface area contributed by atoms with E-state index in [0.717, 1.165) is 12.0 Å². The van der Waals surface area contributed by atoms with E-state index in [1.807, 2.05) is 0 Å². The Kier molecular flexibility index (Phi) is 7.90. The lowest BCUT2D eigenvalue weighted by atomic mass is 10.1. The highest BCUT2D eigenvalue weighted by atomic mass is 16.5. The SMILES string of the molecule is CCC(=O)N(C(=O)OC)[C@H](C=O)CCCN=C(N)N. The highest BCUT2D eigenvalue weighted by Gasteiger charge is 2.28. The highest BCUT2D eigenvalue weighted by molar-refractivity contribution is 5.94. The molecule has 0 aliphatic carbocycles. The Morgan fingerprint density at radius 2 is 2.05 bits per heavy atom. The van der Waals surface area contributed by atoms with Gasteiger partial charge in [0.15, 0.2) is 5.96 Å². The van der Waals surface area contributed by atoms with Crippen molar-refractivity contribution in [2.45, 2.75) is 32.2 Å². The largest absolute Gasteiger partial charge is 0.452 e. The summed E-state index contributed by atoms with van der Waals surface area (Å²) in [5, 5.41) is 0. The molecule has 0 aromatic heterocycles. The third kappa shape index (κ3) is 5.84. The van der Waals surface area contributed by atoms with E-state index in [1.54, 1.807) is 6.92 Å². The fourth-order valence-corrected chi connectivity index (χ4v) is 1.46. The molecule has 108 valence electrons. The number of hydrogen-bond acceptors (Lipinski definition) is 5. The Labute approximate surface area is 111 Å². The predicted molar refractivity (Wildman–Crippen MR) is 69.3 cm³/mol. The number of hydrogen-bond donors (Lipinski definition) is 2. The minimum Gasteiger partial charge on any atom is -0.452 e. The standard InChI is InChI=1S/C11H20N4O4/c1-3-9(17)15(11(18)19-2)8(7-16)5-4-6-14-10(12)13/h7-8H,3-6H2,1-2H3,(H4,12,13,14)/t8-/m0/s1. The number of guanidine groups is 1. The van der Waals surface area contributed by atoms with E-state index in [4.69, 9.17) is 11.5 Å². The quantitative estimate of drug-likeness (QED) is 0.281. The van der Waals surface area contributed by atoms with Crippen molar-refractivity contribution in [1.29, 1.82) is 0 Å². The Balaban J connectivity index is 4.66. The number of nitrogens with zero attached hydrogens (tertiary/aromatic N) is 2. The smallest absolute Gasteiger partial charge is 0.416 e. The number of amides is 2. The fourth-order valence-electron chi connectivity index (χ4n) is 1.46. The molecule has 0 aliphatic heterocycles. The second-order valence-electron chi connectivity index (χ2n) is 3.74. The van der Waals surface area contributed by atoms with E-state index in [0.29, 0.717) is 19.3 Å². The summed E-state index contributed by atoms with van der Waals surface area (Å²) in [6, 6.07) is -0.867. The molecular weight excluding hydrogens is 252 g/mol. The van der Waals surface area contributed by atoms with Gasteiger partial charge in [-0.05, 0) is 12.8 Å². The van der Waals surface area contributed by atoms with Gasteiger partial charge in [-0.15, -0.1) is 0 Å². The van der Waals surface area contributed by atoms with Crippen LogP contribution in [0.15, 0.2) is 4.99 Å². The highest BCUT2D eigenvalue weighted by Crippen LogP contribution is 2.09. The van der Waals surface area contributed by atoms with Crippen molar-refractivity contribution in [3.05, 3.63) is 0 Å². The fraction of sp³-hybridized carbons (Fsp3) is 0.636. The van der Waals surface area contributed by atoms with Gasteiger partial charge in [0, 0.05) is 13.0 Å². The van der Waals surface area contributed by atoms with Gasteiger partial charge in [-0.2, -0.15) is 0 Å². The molecule has 4 N–H and O–H groups in total. The van der Waals surface area contributed by atoms with Crippen LogP contribution in [0.3, 0.4) is 0 Å². The first-order valence-corrected chi connectivity index (χ1v) is 5.88. The molecule has 0 aromatic rings. The summed E-state index contributed by atoms with van der Waals surface area (Å²) in [7, 11) is 1.15. The lowest BCUT2D eigenvalue weighted by molar-refractivity contribution is -0.134. The summed E-state index contributed by atoms with van der Waals surface area (Å²) >= 11 is 0. The zero-order valence-electron chi connectivity index (χ0n) is 11.2. The van der Waals surface area contributed by atoms with E-state index in [1.165, 1.54) is 0 Å². The van der Waals surface area contributed by atoms with E-state index in [9.17, 15) is 14.4 Å². The van der Waals surface area contributed by atoms with Crippen molar-refractivity contribution in [2.75, 3.05) is 13.7 Å². The van der Waals surface area contributed by atoms with Crippen LogP contribution < -0.4 is 11.5 Å². The van der Waals surface area contributed by atoms with Crippen LogP contribution in [0.2, 0.25) is 0 Å². The van der Waals surface area contributed by atoms with Crippen LogP contribution in [0.4, 0.5) is 4.79 Å². The van der Waals surface area contributed by atoms with Crippen molar-refractivity contribution in [1.82, 2.24) is 4.90 Å². The maximum atomic E-state index is 11.7. The minimum atomic E-state index is -0.867. The monoisotopic (exact) mass is 272 g/mol. The molecule has 19 heavy (non-hydrogen) atoms. The van der Waals surface area contributed by atoms with Crippen LogP contribution in [0.5, 0.6) is 0 Å². The van der Waals surface area contributed by atoms with Crippen molar-refractivity contribution < 1.29 is 19.1 Å². The second kappa shape index (κ2) is 8.90. The number of methoxy groups -OCH3 is 1. The van der Waals surface area contributed by atoms with Gasteiger partial charge in [0.25, 0.3) is 0 Å². The molecule has 8 heteroatoms. The number of imide groups is 1. The maximum Gasteiger partial charge on any atom is 0.416 e. The van der Waals surface area contributed by atoms with Gasteiger partial charge in [-0.25, -0.2) is 9.69 Å². The number of carbonyl (C=O) groups excluding carboxylic acids is 3. The Bertz CT molecular complexity index is 337. The first kappa shape index (κ1) is 16.9. The first-order valence-electron chi connectivity index (χ1n) is 5.88. The van der Waals surface area contributed by atoms with Gasteiger partial charge >= 0.3 is 6.09 Å². The number of aliphatic imine (C=N–C) groups is 1. The van der Waals surface area contributed by atoms with Crippen molar-refractivity contribution in [3.63, 3.8) is 0 Å². The normalized spacial score (nSPS) is 11.3. The summed E-state index contributed by atoms with van der Waals surface area (Å²) in [5.41, 5.74) is 10.3. The molecule has 1 atom stereocenters. The summed E-state index contributed by atoms with van der Waals surface area (Å²) in [6.45, 7) is 1.92. The Morgan fingerprint density at radius 3 is 2.47 bits per heavy atom. The second-order valence-corrected chi connectivity index (χ2v) is 3.74. The van der Waals surface area contributed by atoms with Crippen LogP contribution in [-0.2, 0) is 14.3 Å². The third-order valence-electron chi connectivity index (χ3n) is 2.38. The molecule has 8 nitrogen and oxygen atoms in total. The molecule has 0 spiro atoms. The molecule has 0 aromatic carbocycles. The molecule has 0 saturated heterocycles. The number of carbonyl (C=O) groups is 3. The molecule has 0 fully saturated rings. The average molecular weight is 272 g/mol. The topological polar surface area (TPSA) is 128 Å². The van der Waals surface area contributed by atoms with Crippen molar-refractivity contribution in [3.8, 4) is 0 Å². The first-order chi connectivity index (χ1) is 8.97. The number of aldehydes is 1. The summed E-state index contributed by atoms with van der Waals surface area (Å²) in [5.74, 6) is -0.511. The molecule has 0 rings (SSSR count). The van der Waals surface area contributed by atoms with E-state index < -0.39 is 18.0 Å². The lowest BCUT2D eigenvalue weighted by Gasteiger charge is -2.24. The minimum absolute atomic E-state index is 0.0443. The number of ether oxygens (including phenoxy) is 1. The summed E-state index contributed by atoms with van der Waals surface area (Å²) in [4.78, 5) is 38.8. The molecule has 0 aliphatic rings. The Hall–Kier alpha value is -2.12. The van der Waals surface area contributed by atoms with E-state index >= 15 is 0 Å². The van der Waals surface area contributed by atoms with E-state index in [-0.39, 0.29) is 18.8 Å². The molecule has 0 unspecified atom stereocenters. The van der Waals surface area contributed by atoms with Gasteiger partial charge < -0.3 is 21.0 Å². The molecule has 2 amide bonds. The Morgan fingerprint density at radius 1 is 1.42 bits per heavy atom. The summed E-state index contributed by atoms with van der Waals surface area (Å²) in [6.07, 6.45) is 0.547. The number of nitrogens with two attached hydrogens (primary N) is 2. The molecule has 0 heterocycles. The van der Waals surface area contributed by atoms with Crippen LogP contribution in [-0.4, -0.2) is 48.8 Å². The van der Waals surface area contributed by atoms with Crippen LogP contribution in [0.25, 0.3) is 0 Å². The van der Waals surface area contributed by atoms with Crippen LogP contribution in [0.1, 0.15) is 26.2 Å². The molecular formula is C11H20N4O4. The van der Waals surface area contributed by atoms with E-state index in [2.05, 4.69) is 9.73 Å². The van der Waals surface area contributed by atoms with Gasteiger partial charge in [-0.1, -0.05) is 6.92 Å². The molecule has 0 saturated carbocycles. The van der Waals surface area contributed by atoms with Gasteiger partial charge in [0.2, 0.25) is 5.91 Å². The maximum absolute atomic E-state index is 11.7. The predicted octanol–water partition coefficient (Wildman–Crippen LogP) is -0.387. The van der Waals surface area contributed by atoms with Crippen molar-refractivity contribution in [2.24, 2.45) is 16.5 Å². The van der Waals surface area contributed by atoms with Crippen molar-refractivity contribution >= 4 is 24.2 Å². The van der Waals surface area contributed by atoms with Gasteiger partial charge in [-0.3, -0.25) is 9.79 Å². The van der Waals surface area contributed by atoms with Crippen LogP contribution in [0, 0.1) is 0 Å². The van der Waals surface area contributed by atoms with Crippen LogP contribution >= 0.6 is 0 Å². The third-order valence-corrected chi connectivity index (χ3v) is 2.38. The molecule has 0 radical (unpaired) electrons. The summed E-state index contributed by atoms with van der Waals surface area (Å²) < 4.78 is 4.50. The zero-order chi connectivity index (χ0) is 14.8. The zero-order valence-corrected chi connectivity index (χ0v) is 11.2.